The zero-order valence-electron chi connectivity index (χ0n) is 11.5. The van der Waals surface area contributed by atoms with E-state index in [4.69, 9.17) is 0 Å². The van der Waals surface area contributed by atoms with Crippen LogP contribution in [0.25, 0.3) is 0 Å². The molecule has 0 unspecified atom stereocenters. The van der Waals surface area contributed by atoms with Crippen LogP contribution in [0.2, 0.25) is 0 Å². The molecule has 2 aromatic rings. The second kappa shape index (κ2) is 6.82. The normalized spacial score (nSPS) is 10.2. The zero-order valence-corrected chi connectivity index (χ0v) is 11.5. The summed E-state index contributed by atoms with van der Waals surface area (Å²) in [4.78, 5) is 23.2. The van der Waals surface area contributed by atoms with Gasteiger partial charge in [0, 0.05) is 0 Å². The lowest BCUT2D eigenvalue weighted by molar-refractivity contribution is -0.119. The van der Waals surface area contributed by atoms with Crippen molar-refractivity contribution in [2.75, 3.05) is 11.9 Å². The van der Waals surface area contributed by atoms with Crippen LogP contribution in [0.1, 0.15) is 10.4 Å². The molecule has 0 aliphatic carbocycles. The highest BCUT2D eigenvalue weighted by atomic mass is 19.2. The van der Waals surface area contributed by atoms with Gasteiger partial charge >= 0.3 is 5.97 Å². The van der Waals surface area contributed by atoms with Gasteiger partial charge in [-0.05, 0) is 24.3 Å². The van der Waals surface area contributed by atoms with Crippen molar-refractivity contribution in [1.29, 1.82) is 0 Å². The Bertz CT molecular complexity index is 764. The molecule has 5 nitrogen and oxygen atoms in total. The van der Waals surface area contributed by atoms with Crippen molar-refractivity contribution in [3.63, 3.8) is 0 Å². The van der Waals surface area contributed by atoms with E-state index in [0.717, 1.165) is 6.07 Å². The molecular weight excluding hydrogens is 315 g/mol. The van der Waals surface area contributed by atoms with Gasteiger partial charge in [-0.2, -0.15) is 0 Å². The van der Waals surface area contributed by atoms with E-state index in [1.54, 1.807) is 0 Å². The molecule has 0 atom stereocenters. The molecule has 8 heteroatoms. The molecule has 0 saturated heterocycles. The molecule has 2 aromatic carbocycles. The molecule has 0 aromatic heterocycles. The second-order valence-corrected chi connectivity index (χ2v) is 4.36. The lowest BCUT2D eigenvalue weighted by Gasteiger charge is -2.08. The number of para-hydroxylation sites is 1. The van der Waals surface area contributed by atoms with Gasteiger partial charge in [0.25, 0.3) is 5.91 Å². The highest BCUT2D eigenvalue weighted by Gasteiger charge is 2.17. The summed E-state index contributed by atoms with van der Waals surface area (Å²) in [6.07, 6.45) is 0. The van der Waals surface area contributed by atoms with E-state index in [1.165, 1.54) is 24.3 Å². The maximum absolute atomic E-state index is 13.4. The monoisotopic (exact) mass is 325 g/mol. The summed E-state index contributed by atoms with van der Waals surface area (Å²) in [5.41, 5.74) is -0.744. The first kappa shape index (κ1) is 16.3. The fraction of sp³-hybridized carbons (Fsp3) is 0.0667. The van der Waals surface area contributed by atoms with Crippen molar-refractivity contribution in [2.24, 2.45) is 0 Å². The van der Waals surface area contributed by atoms with Crippen LogP contribution in [0.5, 0.6) is 5.75 Å². The smallest absolute Gasteiger partial charge is 0.342 e. The van der Waals surface area contributed by atoms with Crippen molar-refractivity contribution >= 4 is 17.6 Å². The van der Waals surface area contributed by atoms with Crippen molar-refractivity contribution in [3.05, 3.63) is 59.4 Å². The zero-order chi connectivity index (χ0) is 17.0. The quantitative estimate of drug-likeness (QED) is 0.669. The third kappa shape index (κ3) is 3.79. The van der Waals surface area contributed by atoms with Gasteiger partial charge in [-0.3, -0.25) is 4.79 Å². The molecule has 120 valence electrons. The summed E-state index contributed by atoms with van der Waals surface area (Å²) < 4.78 is 43.8. The van der Waals surface area contributed by atoms with Gasteiger partial charge in [-0.25, -0.2) is 18.0 Å². The molecule has 0 aliphatic rings. The van der Waals surface area contributed by atoms with Crippen molar-refractivity contribution in [3.8, 4) is 5.75 Å². The van der Waals surface area contributed by atoms with Gasteiger partial charge in [-0.15, -0.1) is 0 Å². The molecule has 23 heavy (non-hydrogen) atoms. The van der Waals surface area contributed by atoms with Gasteiger partial charge in [-0.1, -0.05) is 12.1 Å². The van der Waals surface area contributed by atoms with E-state index in [-0.39, 0.29) is 11.3 Å². The molecule has 0 radical (unpaired) electrons. The number of anilines is 1. The number of rotatable bonds is 4. The maximum Gasteiger partial charge on any atom is 0.342 e. The van der Waals surface area contributed by atoms with Gasteiger partial charge in [0.15, 0.2) is 24.1 Å². The van der Waals surface area contributed by atoms with E-state index in [2.05, 4.69) is 4.74 Å². The summed E-state index contributed by atoms with van der Waals surface area (Å²) in [6.45, 7) is -0.800. The van der Waals surface area contributed by atoms with Crippen LogP contribution in [0, 0.1) is 17.5 Å². The van der Waals surface area contributed by atoms with Crippen LogP contribution in [0.15, 0.2) is 36.4 Å². The average Bonchev–Trinajstić information content (AvgIpc) is 2.53. The molecule has 1 amide bonds. The van der Waals surface area contributed by atoms with Gasteiger partial charge < -0.3 is 15.2 Å². The fourth-order valence-corrected chi connectivity index (χ4v) is 1.66. The van der Waals surface area contributed by atoms with Crippen molar-refractivity contribution in [2.45, 2.75) is 0 Å². The van der Waals surface area contributed by atoms with E-state index < -0.39 is 41.6 Å². The Morgan fingerprint density at radius 3 is 2.43 bits per heavy atom. The van der Waals surface area contributed by atoms with E-state index in [9.17, 15) is 27.9 Å². The summed E-state index contributed by atoms with van der Waals surface area (Å²) >= 11 is 0. The number of nitrogens with one attached hydrogen (secondary N) is 1. The standard InChI is InChI=1S/C15H10F3NO4/c16-9-5-6-10(14(18)13(9)17)19-12(21)7-23-15(22)8-3-1-2-4-11(8)20/h1-6,20H,7H2,(H,19,21). The van der Waals surface area contributed by atoms with Gasteiger partial charge in [0.1, 0.15) is 11.3 Å². The Morgan fingerprint density at radius 1 is 1.04 bits per heavy atom. The molecule has 0 spiro atoms. The predicted octanol–water partition coefficient (Wildman–Crippen LogP) is 2.61. The highest BCUT2D eigenvalue weighted by molar-refractivity contribution is 5.96. The minimum atomic E-state index is -1.73. The third-order valence-corrected chi connectivity index (χ3v) is 2.77. The topological polar surface area (TPSA) is 75.6 Å². The minimum Gasteiger partial charge on any atom is -0.507 e. The molecular formula is C15H10F3NO4. The number of hydrogen-bond donors (Lipinski definition) is 2. The first-order valence-corrected chi connectivity index (χ1v) is 6.28. The minimum absolute atomic E-state index is 0.153. The summed E-state index contributed by atoms with van der Waals surface area (Å²) in [6, 6.07) is 6.98. The number of benzene rings is 2. The average molecular weight is 325 g/mol. The summed E-state index contributed by atoms with van der Waals surface area (Å²) in [7, 11) is 0. The number of phenolic OH excluding ortho intramolecular Hbond substituents is 1. The molecule has 2 rings (SSSR count). The Labute approximate surface area is 128 Å². The molecule has 0 heterocycles. The summed E-state index contributed by atoms with van der Waals surface area (Å²) in [5, 5.41) is 11.4. The van der Waals surface area contributed by atoms with Crippen molar-refractivity contribution < 1.29 is 32.6 Å². The number of carbonyl (C=O) groups excluding carboxylic acids is 2. The largest absolute Gasteiger partial charge is 0.507 e. The number of halogens is 3. The van der Waals surface area contributed by atoms with Crippen LogP contribution >= 0.6 is 0 Å². The van der Waals surface area contributed by atoms with Crippen LogP contribution < -0.4 is 5.32 Å². The van der Waals surface area contributed by atoms with Crippen molar-refractivity contribution in [1.82, 2.24) is 0 Å². The van der Waals surface area contributed by atoms with Crippen LogP contribution in [0.3, 0.4) is 0 Å². The lowest BCUT2D eigenvalue weighted by Crippen LogP contribution is -2.21. The Morgan fingerprint density at radius 2 is 1.74 bits per heavy atom. The lowest BCUT2D eigenvalue weighted by atomic mass is 10.2. The first-order chi connectivity index (χ1) is 10.9. The molecule has 0 saturated carbocycles. The van der Waals surface area contributed by atoms with E-state index >= 15 is 0 Å². The Hall–Kier alpha value is -3.03. The number of esters is 1. The van der Waals surface area contributed by atoms with Crippen LogP contribution in [-0.4, -0.2) is 23.6 Å². The van der Waals surface area contributed by atoms with Crippen LogP contribution in [0.4, 0.5) is 18.9 Å². The summed E-state index contributed by atoms with van der Waals surface area (Å²) in [5.74, 6) is -6.95. The number of amides is 1. The van der Waals surface area contributed by atoms with Crippen LogP contribution in [-0.2, 0) is 9.53 Å². The Balaban J connectivity index is 1.97. The van der Waals surface area contributed by atoms with Gasteiger partial charge in [0.05, 0.1) is 5.69 Å². The predicted molar refractivity (Wildman–Crippen MR) is 73.3 cm³/mol. The molecule has 0 bridgehead atoms. The number of aromatic hydroxyl groups is 1. The fourth-order valence-electron chi connectivity index (χ4n) is 1.66. The van der Waals surface area contributed by atoms with E-state index in [0.29, 0.717) is 6.07 Å². The molecule has 2 N–H and O–H groups in total. The molecule has 0 aliphatic heterocycles. The number of hydrogen-bond acceptors (Lipinski definition) is 4. The number of phenols is 1. The maximum atomic E-state index is 13.4. The highest BCUT2D eigenvalue weighted by Crippen LogP contribution is 2.20. The van der Waals surface area contributed by atoms with E-state index in [1.807, 2.05) is 5.32 Å². The number of carbonyl (C=O) groups is 2. The Kier molecular flexibility index (Phi) is 4.85. The molecule has 0 fully saturated rings. The van der Waals surface area contributed by atoms with Gasteiger partial charge in [0.2, 0.25) is 0 Å². The second-order valence-electron chi connectivity index (χ2n) is 4.36. The SMILES string of the molecule is O=C(COC(=O)c1ccccc1O)Nc1ccc(F)c(F)c1F. The first-order valence-electron chi connectivity index (χ1n) is 6.28. The number of ether oxygens (including phenoxy) is 1. The third-order valence-electron chi connectivity index (χ3n) is 2.77.